The van der Waals surface area contributed by atoms with Crippen molar-refractivity contribution in [2.24, 2.45) is 0 Å². The van der Waals surface area contributed by atoms with Gasteiger partial charge in [0.25, 0.3) is 0 Å². The smallest absolute Gasteiger partial charge is 0.100 e. The molecule has 102 valence electrons. The van der Waals surface area contributed by atoms with Crippen LogP contribution in [0, 0.1) is 0 Å². The zero-order valence-electron chi connectivity index (χ0n) is 11.0. The van der Waals surface area contributed by atoms with Crippen LogP contribution in [0.1, 0.15) is 43.2 Å². The Morgan fingerprint density at radius 3 is 2.94 bits per heavy atom. The van der Waals surface area contributed by atoms with Gasteiger partial charge in [-0.1, -0.05) is 18.3 Å². The molecule has 2 rings (SSSR count). The Bertz CT molecular complexity index is 396. The summed E-state index contributed by atoms with van der Waals surface area (Å²) in [5.41, 5.74) is 0.118. The lowest BCUT2D eigenvalue weighted by Crippen LogP contribution is -2.50. The number of likely N-dealkylation sites (tertiary alicyclic amines) is 1. The van der Waals surface area contributed by atoms with E-state index in [1.807, 2.05) is 0 Å². The fraction of sp³-hybridized carbons (Fsp3) is 0.833. The zero-order chi connectivity index (χ0) is 13.2. The van der Waals surface area contributed by atoms with Crippen molar-refractivity contribution in [2.45, 2.75) is 44.8 Å². The fourth-order valence-electron chi connectivity index (χ4n) is 2.44. The van der Waals surface area contributed by atoms with Crippen LogP contribution in [-0.4, -0.2) is 50.0 Å². The van der Waals surface area contributed by atoms with Crippen molar-refractivity contribution in [3.63, 3.8) is 0 Å². The van der Waals surface area contributed by atoms with Crippen molar-refractivity contribution >= 4 is 11.5 Å². The van der Waals surface area contributed by atoms with Crippen LogP contribution in [0.2, 0.25) is 0 Å². The van der Waals surface area contributed by atoms with Gasteiger partial charge in [0.05, 0.1) is 17.2 Å². The molecule has 0 saturated carbocycles. The lowest BCUT2D eigenvalue weighted by atomic mass is 9.93. The molecular formula is C12H21N3O2S. The highest BCUT2D eigenvalue weighted by Crippen LogP contribution is 2.25. The largest absolute Gasteiger partial charge is 0.393 e. The number of β-amino-alcohol motifs (C(OH)–C–C–N with tert-alkyl or cyclic N) is 1. The van der Waals surface area contributed by atoms with E-state index < -0.39 is 5.60 Å². The minimum atomic E-state index is -0.936. The van der Waals surface area contributed by atoms with Gasteiger partial charge in [0.2, 0.25) is 0 Å². The van der Waals surface area contributed by atoms with Gasteiger partial charge >= 0.3 is 0 Å². The number of hydrogen-bond donors (Lipinski definition) is 2. The van der Waals surface area contributed by atoms with E-state index in [2.05, 4.69) is 28.3 Å². The van der Waals surface area contributed by atoms with Crippen LogP contribution in [0.3, 0.4) is 0 Å². The summed E-state index contributed by atoms with van der Waals surface area (Å²) in [6, 6.07) is 0. The molecule has 0 aliphatic carbocycles. The Labute approximate surface area is 112 Å². The maximum absolute atomic E-state index is 10.1. The Kier molecular flexibility index (Phi) is 4.32. The summed E-state index contributed by atoms with van der Waals surface area (Å²) in [6.07, 6.45) is 1.60. The van der Waals surface area contributed by atoms with Crippen molar-refractivity contribution in [2.75, 3.05) is 19.7 Å². The molecule has 1 fully saturated rings. The number of aliphatic hydroxyl groups is 2. The molecule has 1 unspecified atom stereocenters. The lowest BCUT2D eigenvalue weighted by Gasteiger charge is -2.37. The van der Waals surface area contributed by atoms with E-state index in [1.54, 1.807) is 0 Å². The molecule has 0 radical (unpaired) electrons. The SMILES string of the molecule is CC(C)c1nnsc1CN1CCCC(O)(CO)C1. The summed E-state index contributed by atoms with van der Waals surface area (Å²) in [4.78, 5) is 3.35. The van der Waals surface area contributed by atoms with Gasteiger partial charge in [0, 0.05) is 13.1 Å². The summed E-state index contributed by atoms with van der Waals surface area (Å²) in [5.74, 6) is 0.375. The van der Waals surface area contributed by atoms with Crippen molar-refractivity contribution < 1.29 is 10.2 Å². The van der Waals surface area contributed by atoms with Crippen molar-refractivity contribution in [1.29, 1.82) is 0 Å². The molecular weight excluding hydrogens is 250 g/mol. The molecule has 0 amide bonds. The fourth-order valence-corrected chi connectivity index (χ4v) is 3.27. The normalized spacial score (nSPS) is 25.8. The van der Waals surface area contributed by atoms with Gasteiger partial charge in [0.1, 0.15) is 5.60 Å². The highest BCUT2D eigenvalue weighted by molar-refractivity contribution is 7.05. The average Bonchev–Trinajstić information content (AvgIpc) is 2.77. The number of nitrogens with zero attached hydrogens (tertiary/aromatic N) is 3. The third kappa shape index (κ3) is 3.06. The summed E-state index contributed by atoms with van der Waals surface area (Å²) in [7, 11) is 0. The summed E-state index contributed by atoms with van der Waals surface area (Å²) in [6.45, 7) is 6.31. The van der Waals surface area contributed by atoms with Crippen LogP contribution >= 0.6 is 11.5 Å². The lowest BCUT2D eigenvalue weighted by molar-refractivity contribution is -0.0685. The second kappa shape index (κ2) is 5.61. The molecule has 2 heterocycles. The minimum Gasteiger partial charge on any atom is -0.393 e. The van der Waals surface area contributed by atoms with E-state index >= 15 is 0 Å². The number of aromatic nitrogens is 2. The van der Waals surface area contributed by atoms with Gasteiger partial charge in [-0.15, -0.1) is 5.10 Å². The van der Waals surface area contributed by atoms with Gasteiger partial charge in [-0.2, -0.15) is 0 Å². The van der Waals surface area contributed by atoms with E-state index in [0.29, 0.717) is 18.9 Å². The van der Waals surface area contributed by atoms with Crippen LogP contribution < -0.4 is 0 Å². The molecule has 1 aliphatic rings. The maximum Gasteiger partial charge on any atom is 0.100 e. The molecule has 1 atom stereocenters. The van der Waals surface area contributed by atoms with Gasteiger partial charge in [-0.25, -0.2) is 0 Å². The molecule has 1 aromatic heterocycles. The minimum absolute atomic E-state index is 0.165. The first kappa shape index (κ1) is 13.9. The predicted octanol–water partition coefficient (Wildman–Crippen LogP) is 0.981. The standard InChI is InChI=1S/C12H21N3O2S/c1-9(2)11-10(18-14-13-11)6-15-5-3-4-12(17,7-15)8-16/h9,16-17H,3-8H2,1-2H3. The molecule has 0 spiro atoms. The second-order valence-electron chi connectivity index (χ2n) is 5.43. The monoisotopic (exact) mass is 271 g/mol. The molecule has 0 bridgehead atoms. The van der Waals surface area contributed by atoms with Gasteiger partial charge in [-0.05, 0) is 36.8 Å². The van der Waals surface area contributed by atoms with Crippen LogP contribution in [0.4, 0.5) is 0 Å². The Morgan fingerprint density at radius 2 is 2.28 bits per heavy atom. The predicted molar refractivity (Wildman–Crippen MR) is 70.5 cm³/mol. The molecule has 6 heteroatoms. The molecule has 18 heavy (non-hydrogen) atoms. The van der Waals surface area contributed by atoms with E-state index in [9.17, 15) is 10.2 Å². The van der Waals surface area contributed by atoms with Crippen LogP contribution in [0.5, 0.6) is 0 Å². The van der Waals surface area contributed by atoms with Crippen molar-refractivity contribution in [1.82, 2.24) is 14.5 Å². The van der Waals surface area contributed by atoms with Crippen LogP contribution in [-0.2, 0) is 6.54 Å². The molecule has 1 aromatic rings. The highest BCUT2D eigenvalue weighted by Gasteiger charge is 2.33. The quantitative estimate of drug-likeness (QED) is 0.854. The Hall–Kier alpha value is -0.560. The van der Waals surface area contributed by atoms with Gasteiger partial charge in [0.15, 0.2) is 0 Å². The maximum atomic E-state index is 10.1. The van der Waals surface area contributed by atoms with E-state index in [1.165, 1.54) is 16.4 Å². The van der Waals surface area contributed by atoms with Gasteiger partial charge < -0.3 is 10.2 Å². The summed E-state index contributed by atoms with van der Waals surface area (Å²) in [5, 5.41) is 23.5. The highest BCUT2D eigenvalue weighted by atomic mass is 32.1. The molecule has 1 saturated heterocycles. The topological polar surface area (TPSA) is 69.5 Å². The number of piperidine rings is 1. The summed E-state index contributed by atoms with van der Waals surface area (Å²) < 4.78 is 4.02. The molecule has 0 aromatic carbocycles. The van der Waals surface area contributed by atoms with Gasteiger partial charge in [-0.3, -0.25) is 4.90 Å². The third-order valence-corrected chi connectivity index (χ3v) is 4.15. The number of aliphatic hydroxyl groups excluding tert-OH is 1. The average molecular weight is 271 g/mol. The molecule has 1 aliphatic heterocycles. The Balaban J connectivity index is 2.03. The van der Waals surface area contributed by atoms with E-state index in [-0.39, 0.29) is 6.61 Å². The van der Waals surface area contributed by atoms with E-state index in [0.717, 1.165) is 25.2 Å². The molecule has 5 nitrogen and oxygen atoms in total. The molecule has 2 N–H and O–H groups in total. The first-order valence-corrected chi connectivity index (χ1v) is 7.18. The van der Waals surface area contributed by atoms with Crippen molar-refractivity contribution in [3.05, 3.63) is 10.6 Å². The first-order valence-electron chi connectivity index (χ1n) is 6.41. The number of hydrogen-bond acceptors (Lipinski definition) is 6. The Morgan fingerprint density at radius 1 is 1.50 bits per heavy atom. The van der Waals surface area contributed by atoms with Crippen LogP contribution in [0.15, 0.2) is 0 Å². The number of rotatable bonds is 4. The van der Waals surface area contributed by atoms with Crippen LogP contribution in [0.25, 0.3) is 0 Å². The zero-order valence-corrected chi connectivity index (χ0v) is 11.8. The summed E-state index contributed by atoms with van der Waals surface area (Å²) >= 11 is 1.43. The van der Waals surface area contributed by atoms with Crippen molar-refractivity contribution in [3.8, 4) is 0 Å². The second-order valence-corrected chi connectivity index (χ2v) is 6.27. The first-order chi connectivity index (χ1) is 8.54. The van der Waals surface area contributed by atoms with E-state index in [4.69, 9.17) is 0 Å². The third-order valence-electron chi connectivity index (χ3n) is 3.43.